The minimum absolute atomic E-state index is 0.126. The van der Waals surface area contributed by atoms with Gasteiger partial charge in [-0.1, -0.05) is 19.9 Å². The number of guanidine groups is 1. The van der Waals surface area contributed by atoms with Crippen molar-refractivity contribution in [3.63, 3.8) is 0 Å². The Hall–Kier alpha value is -0.990. The Bertz CT molecular complexity index is 231. The molecule has 0 aromatic heterocycles. The van der Waals surface area contributed by atoms with E-state index in [9.17, 15) is 0 Å². The highest BCUT2D eigenvalue weighted by Crippen LogP contribution is 2.14. The lowest BCUT2D eigenvalue weighted by atomic mass is 9.94. The third-order valence-corrected chi connectivity index (χ3v) is 2.53. The molecule has 0 aliphatic carbocycles. The fourth-order valence-corrected chi connectivity index (χ4v) is 1.29. The maximum atomic E-state index is 4.44. The molecule has 1 rings (SSSR count). The molecule has 14 heavy (non-hydrogen) atoms. The lowest BCUT2D eigenvalue weighted by Gasteiger charge is -2.29. The molecule has 0 amide bonds. The predicted molar refractivity (Wildman–Crippen MR) is 61.5 cm³/mol. The van der Waals surface area contributed by atoms with E-state index in [1.54, 1.807) is 0 Å². The Balaban J connectivity index is 2.44. The van der Waals surface area contributed by atoms with Crippen molar-refractivity contribution in [3.05, 3.63) is 12.7 Å². The second-order valence-electron chi connectivity index (χ2n) is 4.53. The van der Waals surface area contributed by atoms with Gasteiger partial charge in [0.25, 0.3) is 0 Å². The molecule has 0 bridgehead atoms. The summed E-state index contributed by atoms with van der Waals surface area (Å²) in [7, 11) is 2.08. The van der Waals surface area contributed by atoms with Gasteiger partial charge < -0.3 is 10.2 Å². The third kappa shape index (κ3) is 3.05. The zero-order valence-electron chi connectivity index (χ0n) is 9.51. The average Bonchev–Trinajstić information content (AvgIpc) is 2.17. The molecule has 1 heterocycles. The van der Waals surface area contributed by atoms with Crippen molar-refractivity contribution in [2.75, 3.05) is 26.7 Å². The summed E-state index contributed by atoms with van der Waals surface area (Å²) in [5.74, 6) is 1.02. The van der Waals surface area contributed by atoms with E-state index in [4.69, 9.17) is 0 Å². The molecule has 80 valence electrons. The minimum Gasteiger partial charge on any atom is -0.355 e. The van der Waals surface area contributed by atoms with Gasteiger partial charge in [0.15, 0.2) is 5.96 Å². The van der Waals surface area contributed by atoms with Crippen molar-refractivity contribution in [1.29, 1.82) is 0 Å². The van der Waals surface area contributed by atoms with Crippen LogP contribution in [0.3, 0.4) is 0 Å². The fourth-order valence-electron chi connectivity index (χ4n) is 1.29. The zero-order valence-corrected chi connectivity index (χ0v) is 9.51. The van der Waals surface area contributed by atoms with Crippen LogP contribution >= 0.6 is 0 Å². The summed E-state index contributed by atoms with van der Waals surface area (Å²) in [5.41, 5.74) is 0.126. The maximum Gasteiger partial charge on any atom is 0.193 e. The van der Waals surface area contributed by atoms with E-state index in [1.807, 2.05) is 6.08 Å². The molecule has 0 spiro atoms. The Labute approximate surface area is 86.9 Å². The summed E-state index contributed by atoms with van der Waals surface area (Å²) in [6.07, 6.45) is 3.13. The SMILES string of the molecule is C=CC(C)(C)CNC1=NCCCN1C. The summed E-state index contributed by atoms with van der Waals surface area (Å²) < 4.78 is 0. The van der Waals surface area contributed by atoms with Crippen molar-refractivity contribution in [3.8, 4) is 0 Å². The van der Waals surface area contributed by atoms with Gasteiger partial charge >= 0.3 is 0 Å². The van der Waals surface area contributed by atoms with E-state index in [0.717, 1.165) is 32.0 Å². The van der Waals surface area contributed by atoms with Crippen LogP contribution in [0.1, 0.15) is 20.3 Å². The van der Waals surface area contributed by atoms with Crippen LogP contribution in [-0.2, 0) is 0 Å². The van der Waals surface area contributed by atoms with Crippen LogP contribution in [0.25, 0.3) is 0 Å². The molecule has 0 radical (unpaired) electrons. The first-order valence-corrected chi connectivity index (χ1v) is 5.18. The predicted octanol–water partition coefficient (Wildman–Crippen LogP) is 1.48. The Morgan fingerprint density at radius 2 is 2.36 bits per heavy atom. The zero-order chi connectivity index (χ0) is 10.6. The Morgan fingerprint density at radius 3 is 2.93 bits per heavy atom. The van der Waals surface area contributed by atoms with Crippen LogP contribution in [0.5, 0.6) is 0 Å². The minimum atomic E-state index is 0.126. The molecule has 0 unspecified atom stereocenters. The number of nitrogens with one attached hydrogen (secondary N) is 1. The van der Waals surface area contributed by atoms with E-state index >= 15 is 0 Å². The standard InChI is InChI=1S/C11H21N3/c1-5-11(2,3)9-13-10-12-7-6-8-14(10)4/h5H,1,6-9H2,2-4H3,(H,12,13). The molecule has 3 nitrogen and oxygen atoms in total. The van der Waals surface area contributed by atoms with Gasteiger partial charge in [-0.15, -0.1) is 6.58 Å². The highest BCUT2D eigenvalue weighted by molar-refractivity contribution is 5.80. The number of aliphatic imine (C=N–C) groups is 1. The second kappa shape index (κ2) is 4.49. The van der Waals surface area contributed by atoms with Gasteiger partial charge in [0.05, 0.1) is 0 Å². The summed E-state index contributed by atoms with van der Waals surface area (Å²) in [5, 5.41) is 3.37. The Kier molecular flexibility index (Phi) is 3.55. The molecule has 0 aromatic carbocycles. The highest BCUT2D eigenvalue weighted by atomic mass is 15.3. The van der Waals surface area contributed by atoms with Crippen LogP contribution in [-0.4, -0.2) is 37.5 Å². The van der Waals surface area contributed by atoms with E-state index in [-0.39, 0.29) is 5.41 Å². The molecule has 0 fully saturated rings. The normalized spacial score (nSPS) is 17.6. The van der Waals surface area contributed by atoms with E-state index < -0.39 is 0 Å². The molecule has 0 saturated heterocycles. The van der Waals surface area contributed by atoms with Gasteiger partial charge in [-0.05, 0) is 11.8 Å². The fraction of sp³-hybridized carbons (Fsp3) is 0.727. The number of nitrogens with zero attached hydrogens (tertiary/aromatic N) is 2. The third-order valence-electron chi connectivity index (χ3n) is 2.53. The van der Waals surface area contributed by atoms with E-state index in [2.05, 4.69) is 42.7 Å². The number of hydrogen-bond donors (Lipinski definition) is 1. The molecule has 0 atom stereocenters. The topological polar surface area (TPSA) is 27.6 Å². The van der Waals surface area contributed by atoms with E-state index in [0.29, 0.717) is 0 Å². The van der Waals surface area contributed by atoms with Crippen molar-refractivity contribution in [2.24, 2.45) is 10.4 Å². The molecular formula is C11H21N3. The lowest BCUT2D eigenvalue weighted by molar-refractivity contribution is 0.415. The number of rotatable bonds is 3. The van der Waals surface area contributed by atoms with Gasteiger partial charge in [0, 0.05) is 26.7 Å². The van der Waals surface area contributed by atoms with Gasteiger partial charge in [0.1, 0.15) is 0 Å². The first-order valence-electron chi connectivity index (χ1n) is 5.18. The van der Waals surface area contributed by atoms with Gasteiger partial charge in [0.2, 0.25) is 0 Å². The summed E-state index contributed by atoms with van der Waals surface area (Å²) in [4.78, 5) is 6.61. The smallest absolute Gasteiger partial charge is 0.193 e. The monoisotopic (exact) mass is 195 g/mol. The summed E-state index contributed by atoms with van der Waals surface area (Å²) in [6, 6.07) is 0. The summed E-state index contributed by atoms with van der Waals surface area (Å²) in [6.45, 7) is 11.1. The molecule has 1 aliphatic rings. The average molecular weight is 195 g/mol. The van der Waals surface area contributed by atoms with Crippen molar-refractivity contribution in [1.82, 2.24) is 10.2 Å². The number of hydrogen-bond acceptors (Lipinski definition) is 3. The van der Waals surface area contributed by atoms with Crippen molar-refractivity contribution >= 4 is 5.96 Å². The largest absolute Gasteiger partial charge is 0.355 e. The Morgan fingerprint density at radius 1 is 1.64 bits per heavy atom. The summed E-state index contributed by atoms with van der Waals surface area (Å²) >= 11 is 0. The van der Waals surface area contributed by atoms with E-state index in [1.165, 1.54) is 0 Å². The van der Waals surface area contributed by atoms with Crippen LogP contribution in [0.15, 0.2) is 17.6 Å². The highest BCUT2D eigenvalue weighted by Gasteiger charge is 2.16. The van der Waals surface area contributed by atoms with Crippen molar-refractivity contribution in [2.45, 2.75) is 20.3 Å². The molecule has 0 saturated carbocycles. The van der Waals surface area contributed by atoms with Crippen molar-refractivity contribution < 1.29 is 0 Å². The second-order valence-corrected chi connectivity index (χ2v) is 4.53. The molecule has 1 N–H and O–H groups in total. The molecular weight excluding hydrogens is 174 g/mol. The first-order chi connectivity index (χ1) is 6.55. The molecule has 0 aromatic rings. The molecule has 1 aliphatic heterocycles. The first kappa shape index (κ1) is 11.1. The van der Waals surface area contributed by atoms with Crippen LogP contribution in [0.2, 0.25) is 0 Å². The lowest BCUT2D eigenvalue weighted by Crippen LogP contribution is -2.45. The maximum absolute atomic E-state index is 4.44. The van der Waals surface area contributed by atoms with Crippen LogP contribution < -0.4 is 5.32 Å². The van der Waals surface area contributed by atoms with Gasteiger partial charge in [-0.25, -0.2) is 0 Å². The van der Waals surface area contributed by atoms with Gasteiger partial charge in [-0.2, -0.15) is 0 Å². The quantitative estimate of drug-likeness (QED) is 0.691. The van der Waals surface area contributed by atoms with Crippen LogP contribution in [0, 0.1) is 5.41 Å². The van der Waals surface area contributed by atoms with Crippen LogP contribution in [0.4, 0.5) is 0 Å². The van der Waals surface area contributed by atoms with Gasteiger partial charge in [-0.3, -0.25) is 4.99 Å². The molecule has 3 heteroatoms.